The Morgan fingerprint density at radius 2 is 1.83 bits per heavy atom. The first-order valence-corrected chi connectivity index (χ1v) is 11.2. The SMILES string of the molecule is Cc1cc([C@H](C#N)c2ccc(Cl)cc2)c(Cl)cc1NC(=O)Cn1cnc2c1c(=O)n(C)c(=O)n2C. The molecule has 0 unspecified atom stereocenters. The van der Waals surface area contributed by atoms with Crippen molar-refractivity contribution in [1.82, 2.24) is 18.7 Å². The lowest BCUT2D eigenvalue weighted by atomic mass is 9.91. The fourth-order valence-corrected chi connectivity index (χ4v) is 4.30. The lowest BCUT2D eigenvalue weighted by Crippen LogP contribution is -2.37. The second kappa shape index (κ2) is 9.41. The first-order valence-electron chi connectivity index (χ1n) is 10.5. The molecule has 2 heterocycles. The summed E-state index contributed by atoms with van der Waals surface area (Å²) in [7, 11) is 2.87. The monoisotopic (exact) mass is 510 g/mol. The van der Waals surface area contributed by atoms with E-state index in [0.29, 0.717) is 26.9 Å². The zero-order valence-corrected chi connectivity index (χ0v) is 20.6. The molecule has 0 radical (unpaired) electrons. The van der Waals surface area contributed by atoms with Gasteiger partial charge in [0, 0.05) is 29.8 Å². The van der Waals surface area contributed by atoms with E-state index in [4.69, 9.17) is 23.2 Å². The van der Waals surface area contributed by atoms with Crippen molar-refractivity contribution in [2.45, 2.75) is 19.4 Å². The van der Waals surface area contributed by atoms with Crippen LogP contribution < -0.4 is 16.6 Å². The number of nitrogens with zero attached hydrogens (tertiary/aromatic N) is 5. The van der Waals surface area contributed by atoms with E-state index in [1.165, 1.54) is 29.6 Å². The van der Waals surface area contributed by atoms with Crippen LogP contribution in [-0.4, -0.2) is 24.6 Å². The van der Waals surface area contributed by atoms with Crippen LogP contribution in [-0.2, 0) is 25.4 Å². The maximum absolute atomic E-state index is 12.8. The average Bonchev–Trinajstić information content (AvgIpc) is 3.24. The molecular formula is C24H20Cl2N6O3. The highest BCUT2D eigenvalue weighted by atomic mass is 35.5. The van der Waals surface area contributed by atoms with Gasteiger partial charge in [0.2, 0.25) is 5.91 Å². The summed E-state index contributed by atoms with van der Waals surface area (Å²) in [5.41, 5.74) is 1.84. The number of anilines is 1. The molecule has 4 aromatic rings. The van der Waals surface area contributed by atoms with E-state index in [2.05, 4.69) is 16.4 Å². The molecule has 1 N–H and O–H groups in total. The zero-order chi connectivity index (χ0) is 25.4. The van der Waals surface area contributed by atoms with Crippen molar-refractivity contribution >= 4 is 46.0 Å². The number of nitrogens with one attached hydrogen (secondary N) is 1. The normalized spacial score (nSPS) is 11.9. The molecule has 0 aliphatic rings. The van der Waals surface area contributed by atoms with Gasteiger partial charge in [-0.25, -0.2) is 9.78 Å². The van der Waals surface area contributed by atoms with Crippen molar-refractivity contribution in [1.29, 1.82) is 5.26 Å². The van der Waals surface area contributed by atoms with Gasteiger partial charge in [0.05, 0.1) is 18.3 Å². The Bertz CT molecular complexity index is 1630. The van der Waals surface area contributed by atoms with Gasteiger partial charge in [-0.2, -0.15) is 5.26 Å². The van der Waals surface area contributed by atoms with Crippen molar-refractivity contribution in [2.75, 3.05) is 5.32 Å². The minimum Gasteiger partial charge on any atom is -0.324 e. The zero-order valence-electron chi connectivity index (χ0n) is 19.0. The van der Waals surface area contributed by atoms with E-state index in [9.17, 15) is 19.6 Å². The van der Waals surface area contributed by atoms with E-state index in [1.807, 2.05) is 0 Å². The predicted molar refractivity (Wildman–Crippen MR) is 134 cm³/mol. The number of aryl methyl sites for hydroxylation is 2. The minimum absolute atomic E-state index is 0.148. The molecule has 0 aliphatic carbocycles. The largest absolute Gasteiger partial charge is 0.332 e. The van der Waals surface area contributed by atoms with Crippen molar-refractivity contribution in [3.05, 3.63) is 90.3 Å². The van der Waals surface area contributed by atoms with Gasteiger partial charge in [-0.1, -0.05) is 41.4 Å². The summed E-state index contributed by atoms with van der Waals surface area (Å²) in [4.78, 5) is 41.6. The number of nitriles is 1. The lowest BCUT2D eigenvalue weighted by molar-refractivity contribution is -0.116. The van der Waals surface area contributed by atoms with Crippen LogP contribution in [0, 0.1) is 18.3 Å². The molecule has 4 rings (SSSR count). The first kappa shape index (κ1) is 24.3. The highest BCUT2D eigenvalue weighted by Crippen LogP contribution is 2.34. The molecule has 2 aromatic carbocycles. The molecule has 178 valence electrons. The van der Waals surface area contributed by atoms with Crippen molar-refractivity contribution in [3.63, 3.8) is 0 Å². The molecule has 0 aliphatic heterocycles. The van der Waals surface area contributed by atoms with Crippen LogP contribution in [0.1, 0.15) is 22.6 Å². The van der Waals surface area contributed by atoms with Gasteiger partial charge < -0.3 is 9.88 Å². The summed E-state index contributed by atoms with van der Waals surface area (Å²) in [5, 5.41) is 13.5. The Morgan fingerprint density at radius 1 is 1.14 bits per heavy atom. The molecule has 2 aromatic heterocycles. The number of fused-ring (bicyclic) bond motifs is 1. The van der Waals surface area contributed by atoms with Crippen LogP contribution in [0.3, 0.4) is 0 Å². The second-order valence-corrected chi connectivity index (χ2v) is 8.94. The molecule has 35 heavy (non-hydrogen) atoms. The van der Waals surface area contributed by atoms with Gasteiger partial charge in [0.25, 0.3) is 5.56 Å². The predicted octanol–water partition coefficient (Wildman–Crippen LogP) is 3.34. The molecule has 0 bridgehead atoms. The molecule has 1 amide bonds. The van der Waals surface area contributed by atoms with E-state index in [0.717, 1.165) is 10.1 Å². The van der Waals surface area contributed by atoms with Gasteiger partial charge in [-0.15, -0.1) is 0 Å². The summed E-state index contributed by atoms with van der Waals surface area (Å²) < 4.78 is 3.61. The summed E-state index contributed by atoms with van der Waals surface area (Å²) in [6, 6.07) is 12.6. The number of hydrogen-bond acceptors (Lipinski definition) is 5. The van der Waals surface area contributed by atoms with E-state index >= 15 is 0 Å². The van der Waals surface area contributed by atoms with E-state index in [1.54, 1.807) is 43.3 Å². The Kier molecular flexibility index (Phi) is 6.52. The summed E-state index contributed by atoms with van der Waals surface area (Å²) >= 11 is 12.5. The number of carbonyl (C=O) groups excluding carboxylic acids is 1. The highest BCUT2D eigenvalue weighted by Gasteiger charge is 2.20. The Balaban J connectivity index is 1.61. The number of halogens is 2. The Labute approximate surface area is 209 Å². The van der Waals surface area contributed by atoms with Crippen LogP contribution >= 0.6 is 23.2 Å². The average molecular weight is 511 g/mol. The number of rotatable bonds is 5. The number of carbonyl (C=O) groups is 1. The summed E-state index contributed by atoms with van der Waals surface area (Å²) in [6.07, 6.45) is 1.34. The van der Waals surface area contributed by atoms with Gasteiger partial charge >= 0.3 is 5.69 Å². The quantitative estimate of drug-likeness (QED) is 0.442. The fourth-order valence-electron chi connectivity index (χ4n) is 3.90. The lowest BCUT2D eigenvalue weighted by Gasteiger charge is -2.16. The smallest absolute Gasteiger partial charge is 0.324 e. The standard InChI is InChI=1S/C24H20Cl2N6O3/c1-13-8-16(17(10-27)14-4-6-15(25)7-5-14)18(26)9-19(13)29-20(33)11-32-12-28-22-21(32)23(34)31(3)24(35)30(22)2/h4-9,12,17H,11H2,1-3H3,(H,29,33)/t17-/m1/s1. The summed E-state index contributed by atoms with van der Waals surface area (Å²) in [6.45, 7) is 1.60. The van der Waals surface area contributed by atoms with Crippen LogP contribution in [0.2, 0.25) is 10.0 Å². The van der Waals surface area contributed by atoms with Crippen molar-refractivity contribution < 1.29 is 4.79 Å². The fraction of sp³-hybridized carbons (Fsp3) is 0.208. The maximum Gasteiger partial charge on any atom is 0.332 e. The molecule has 1 atom stereocenters. The van der Waals surface area contributed by atoms with Gasteiger partial charge in [0.1, 0.15) is 6.54 Å². The van der Waals surface area contributed by atoms with Crippen molar-refractivity contribution in [3.8, 4) is 6.07 Å². The van der Waals surface area contributed by atoms with E-state index in [-0.39, 0.29) is 17.7 Å². The number of benzene rings is 2. The molecule has 0 saturated carbocycles. The molecule has 11 heteroatoms. The minimum atomic E-state index is -0.608. The molecule has 0 spiro atoms. The molecule has 0 fully saturated rings. The third-order valence-corrected chi connectivity index (χ3v) is 6.37. The van der Waals surface area contributed by atoms with Crippen molar-refractivity contribution in [2.24, 2.45) is 14.1 Å². The van der Waals surface area contributed by atoms with E-state index < -0.39 is 23.1 Å². The van der Waals surface area contributed by atoms with Crippen LogP contribution in [0.15, 0.2) is 52.3 Å². The summed E-state index contributed by atoms with van der Waals surface area (Å²) in [5.74, 6) is -1.02. The van der Waals surface area contributed by atoms with Crippen LogP contribution in [0.4, 0.5) is 5.69 Å². The molecular weight excluding hydrogens is 491 g/mol. The number of aromatic nitrogens is 4. The highest BCUT2D eigenvalue weighted by molar-refractivity contribution is 6.32. The second-order valence-electron chi connectivity index (χ2n) is 8.10. The Morgan fingerprint density at radius 3 is 2.49 bits per heavy atom. The first-order chi connectivity index (χ1) is 16.6. The number of imidazole rings is 1. The number of amides is 1. The molecule has 9 nitrogen and oxygen atoms in total. The third-order valence-electron chi connectivity index (χ3n) is 5.79. The van der Waals surface area contributed by atoms with Gasteiger partial charge in [0.15, 0.2) is 11.2 Å². The third kappa shape index (κ3) is 4.46. The molecule has 0 saturated heterocycles. The van der Waals surface area contributed by atoms with Gasteiger partial charge in [-0.3, -0.25) is 18.7 Å². The van der Waals surface area contributed by atoms with Crippen LogP contribution in [0.25, 0.3) is 11.2 Å². The topological polar surface area (TPSA) is 115 Å². The van der Waals surface area contributed by atoms with Crippen LogP contribution in [0.5, 0.6) is 0 Å². The van der Waals surface area contributed by atoms with Gasteiger partial charge in [-0.05, 0) is 41.8 Å². The Hall–Kier alpha value is -3.87. The maximum atomic E-state index is 12.8. The number of hydrogen-bond donors (Lipinski definition) is 1.